The SMILES string of the molecule is CC(C)OCCCCCCCS(=O)(=O)O. The molecule has 0 aromatic carbocycles. The highest BCUT2D eigenvalue weighted by atomic mass is 32.2. The number of ether oxygens (including phenoxy) is 1. The van der Waals surface area contributed by atoms with Gasteiger partial charge in [-0.25, -0.2) is 0 Å². The second-order valence-electron chi connectivity index (χ2n) is 3.97. The summed E-state index contributed by atoms with van der Waals surface area (Å²) in [6, 6.07) is 0. The topological polar surface area (TPSA) is 63.6 Å². The van der Waals surface area contributed by atoms with Crippen molar-refractivity contribution < 1.29 is 17.7 Å². The highest BCUT2D eigenvalue weighted by Gasteiger charge is 2.02. The number of unbranched alkanes of at least 4 members (excludes halogenated alkanes) is 4. The number of hydrogen-bond donors (Lipinski definition) is 1. The first-order valence-corrected chi connectivity index (χ1v) is 7.09. The summed E-state index contributed by atoms with van der Waals surface area (Å²) in [4.78, 5) is 0. The third-order valence-electron chi connectivity index (χ3n) is 2.00. The zero-order valence-electron chi connectivity index (χ0n) is 9.61. The maximum atomic E-state index is 10.4. The summed E-state index contributed by atoms with van der Waals surface area (Å²) < 4.78 is 34.6. The Labute approximate surface area is 92.8 Å². The lowest BCUT2D eigenvalue weighted by molar-refractivity contribution is 0.0757. The van der Waals surface area contributed by atoms with Gasteiger partial charge < -0.3 is 4.74 Å². The Kier molecular flexibility index (Phi) is 8.00. The van der Waals surface area contributed by atoms with Gasteiger partial charge in [0, 0.05) is 6.61 Å². The molecule has 0 aliphatic heterocycles. The minimum atomic E-state index is -3.76. The molecule has 92 valence electrons. The molecule has 5 heteroatoms. The van der Waals surface area contributed by atoms with Crippen LogP contribution in [0.25, 0.3) is 0 Å². The predicted octanol–water partition coefficient (Wildman–Crippen LogP) is 2.25. The largest absolute Gasteiger partial charge is 0.379 e. The van der Waals surface area contributed by atoms with Crippen molar-refractivity contribution in [2.45, 2.75) is 52.1 Å². The molecule has 0 amide bonds. The Morgan fingerprint density at radius 2 is 1.60 bits per heavy atom. The molecule has 0 saturated heterocycles. The molecule has 1 N–H and O–H groups in total. The summed E-state index contributed by atoms with van der Waals surface area (Å²) in [5, 5.41) is 0. The molecule has 0 bridgehead atoms. The summed E-state index contributed by atoms with van der Waals surface area (Å²) >= 11 is 0. The number of rotatable bonds is 9. The molecular formula is C10H22O4S. The van der Waals surface area contributed by atoms with Crippen LogP contribution >= 0.6 is 0 Å². The lowest BCUT2D eigenvalue weighted by atomic mass is 10.2. The first kappa shape index (κ1) is 14.9. The van der Waals surface area contributed by atoms with E-state index in [1.807, 2.05) is 13.8 Å². The third-order valence-corrected chi connectivity index (χ3v) is 2.80. The summed E-state index contributed by atoms with van der Waals surface area (Å²) in [5.41, 5.74) is 0. The van der Waals surface area contributed by atoms with Crippen LogP contribution in [-0.4, -0.2) is 31.4 Å². The van der Waals surface area contributed by atoms with Crippen LogP contribution in [0, 0.1) is 0 Å². The third kappa shape index (κ3) is 13.9. The summed E-state index contributed by atoms with van der Waals surface area (Å²) in [7, 11) is -3.76. The van der Waals surface area contributed by atoms with Crippen LogP contribution in [0.3, 0.4) is 0 Å². The molecule has 0 aliphatic rings. The van der Waals surface area contributed by atoms with Crippen molar-refractivity contribution in [2.75, 3.05) is 12.4 Å². The summed E-state index contributed by atoms with van der Waals surface area (Å²) in [6.07, 6.45) is 4.74. The second kappa shape index (κ2) is 8.07. The first-order valence-electron chi connectivity index (χ1n) is 5.48. The van der Waals surface area contributed by atoms with E-state index in [0.717, 1.165) is 32.3 Å². The quantitative estimate of drug-likeness (QED) is 0.494. The van der Waals surface area contributed by atoms with E-state index in [9.17, 15) is 8.42 Å². The van der Waals surface area contributed by atoms with Gasteiger partial charge in [-0.15, -0.1) is 0 Å². The number of hydrogen-bond acceptors (Lipinski definition) is 3. The van der Waals surface area contributed by atoms with E-state index < -0.39 is 10.1 Å². The summed E-state index contributed by atoms with van der Waals surface area (Å²) in [6.45, 7) is 4.79. The van der Waals surface area contributed by atoms with Gasteiger partial charge in [-0.3, -0.25) is 4.55 Å². The molecule has 0 aliphatic carbocycles. The van der Waals surface area contributed by atoms with E-state index >= 15 is 0 Å². The maximum absolute atomic E-state index is 10.4. The Morgan fingerprint density at radius 3 is 2.13 bits per heavy atom. The lowest BCUT2D eigenvalue weighted by Gasteiger charge is -2.06. The van der Waals surface area contributed by atoms with Gasteiger partial charge in [0.15, 0.2) is 0 Å². The van der Waals surface area contributed by atoms with Gasteiger partial charge in [0.05, 0.1) is 11.9 Å². The van der Waals surface area contributed by atoms with Gasteiger partial charge in [-0.2, -0.15) is 8.42 Å². The first-order chi connectivity index (χ1) is 6.92. The van der Waals surface area contributed by atoms with Crippen molar-refractivity contribution in [1.82, 2.24) is 0 Å². The van der Waals surface area contributed by atoms with Gasteiger partial charge in [0.1, 0.15) is 0 Å². The van der Waals surface area contributed by atoms with Crippen molar-refractivity contribution in [3.63, 3.8) is 0 Å². The molecule has 0 unspecified atom stereocenters. The minimum Gasteiger partial charge on any atom is -0.379 e. The highest BCUT2D eigenvalue weighted by molar-refractivity contribution is 7.85. The van der Waals surface area contributed by atoms with Crippen molar-refractivity contribution >= 4 is 10.1 Å². The Bertz CT molecular complexity index is 234. The molecule has 0 radical (unpaired) electrons. The Morgan fingerprint density at radius 1 is 1.07 bits per heavy atom. The maximum Gasteiger partial charge on any atom is 0.264 e. The van der Waals surface area contributed by atoms with Gasteiger partial charge >= 0.3 is 0 Å². The average Bonchev–Trinajstić information content (AvgIpc) is 2.07. The van der Waals surface area contributed by atoms with E-state index in [1.165, 1.54) is 0 Å². The van der Waals surface area contributed by atoms with Gasteiger partial charge in [-0.1, -0.05) is 19.3 Å². The molecule has 4 nitrogen and oxygen atoms in total. The van der Waals surface area contributed by atoms with Gasteiger partial charge in [-0.05, 0) is 26.7 Å². The molecular weight excluding hydrogens is 216 g/mol. The Balaban J connectivity index is 3.12. The molecule has 0 spiro atoms. The molecule has 0 rings (SSSR count). The lowest BCUT2D eigenvalue weighted by Crippen LogP contribution is -2.04. The molecule has 0 saturated carbocycles. The minimum absolute atomic E-state index is 0.116. The normalized spacial score (nSPS) is 12.3. The predicted molar refractivity (Wildman–Crippen MR) is 60.6 cm³/mol. The van der Waals surface area contributed by atoms with Crippen molar-refractivity contribution in [2.24, 2.45) is 0 Å². The highest BCUT2D eigenvalue weighted by Crippen LogP contribution is 2.05. The van der Waals surface area contributed by atoms with Crippen molar-refractivity contribution in [1.29, 1.82) is 0 Å². The van der Waals surface area contributed by atoms with Crippen molar-refractivity contribution in [3.05, 3.63) is 0 Å². The average molecular weight is 238 g/mol. The van der Waals surface area contributed by atoms with Crippen LogP contribution in [0.4, 0.5) is 0 Å². The van der Waals surface area contributed by atoms with Crippen LogP contribution < -0.4 is 0 Å². The molecule has 0 atom stereocenters. The fourth-order valence-electron chi connectivity index (χ4n) is 1.24. The zero-order chi connectivity index (χ0) is 11.7. The van der Waals surface area contributed by atoms with E-state index in [-0.39, 0.29) is 11.9 Å². The van der Waals surface area contributed by atoms with Gasteiger partial charge in [0.25, 0.3) is 10.1 Å². The van der Waals surface area contributed by atoms with Gasteiger partial charge in [0.2, 0.25) is 0 Å². The van der Waals surface area contributed by atoms with Crippen LogP contribution in [-0.2, 0) is 14.9 Å². The second-order valence-corrected chi connectivity index (χ2v) is 5.55. The van der Waals surface area contributed by atoms with Crippen LogP contribution in [0.5, 0.6) is 0 Å². The fourth-order valence-corrected chi connectivity index (χ4v) is 1.80. The smallest absolute Gasteiger partial charge is 0.264 e. The standard InChI is InChI=1S/C10H22O4S/c1-10(2)14-8-6-4-3-5-7-9-15(11,12)13/h10H,3-9H2,1-2H3,(H,11,12,13). The zero-order valence-corrected chi connectivity index (χ0v) is 10.4. The monoisotopic (exact) mass is 238 g/mol. The molecule has 0 aromatic rings. The summed E-state index contributed by atoms with van der Waals surface area (Å²) in [5.74, 6) is -0.116. The van der Waals surface area contributed by atoms with E-state index in [0.29, 0.717) is 6.42 Å². The van der Waals surface area contributed by atoms with E-state index in [1.54, 1.807) is 0 Å². The molecule has 0 heterocycles. The molecule has 0 aromatic heterocycles. The van der Waals surface area contributed by atoms with Crippen LogP contribution in [0.1, 0.15) is 46.0 Å². The Hall–Kier alpha value is -0.130. The van der Waals surface area contributed by atoms with Crippen LogP contribution in [0.2, 0.25) is 0 Å². The molecule has 0 fully saturated rings. The van der Waals surface area contributed by atoms with Crippen molar-refractivity contribution in [3.8, 4) is 0 Å². The molecule has 15 heavy (non-hydrogen) atoms. The van der Waals surface area contributed by atoms with Crippen LogP contribution in [0.15, 0.2) is 0 Å². The fraction of sp³-hybridized carbons (Fsp3) is 1.00. The van der Waals surface area contributed by atoms with E-state index in [4.69, 9.17) is 9.29 Å². The van der Waals surface area contributed by atoms with E-state index in [2.05, 4.69) is 0 Å².